The van der Waals surface area contributed by atoms with E-state index in [1.54, 1.807) is 25.5 Å². The average Bonchev–Trinajstić information content (AvgIpc) is 2.99. The molecular formula is C14H19N5O. The molecule has 6 heteroatoms. The molecule has 0 fully saturated rings. The number of pyridine rings is 1. The van der Waals surface area contributed by atoms with E-state index in [4.69, 9.17) is 0 Å². The largest absolute Gasteiger partial charge is 0.373 e. The van der Waals surface area contributed by atoms with Crippen molar-refractivity contribution in [1.29, 1.82) is 0 Å². The predicted molar refractivity (Wildman–Crippen MR) is 77.8 cm³/mol. The van der Waals surface area contributed by atoms with E-state index in [9.17, 15) is 4.79 Å². The summed E-state index contributed by atoms with van der Waals surface area (Å²) in [5.74, 6) is 1.48. The van der Waals surface area contributed by atoms with Crippen LogP contribution in [0.4, 0.5) is 5.82 Å². The second-order valence-electron chi connectivity index (χ2n) is 4.38. The van der Waals surface area contributed by atoms with Crippen molar-refractivity contribution in [2.24, 2.45) is 0 Å². The summed E-state index contributed by atoms with van der Waals surface area (Å²) >= 11 is 0. The zero-order valence-electron chi connectivity index (χ0n) is 11.7. The van der Waals surface area contributed by atoms with Gasteiger partial charge in [-0.1, -0.05) is 6.92 Å². The van der Waals surface area contributed by atoms with Crippen LogP contribution in [0.1, 0.15) is 28.8 Å². The minimum absolute atomic E-state index is 0.0924. The lowest BCUT2D eigenvalue weighted by atomic mass is 10.2. The summed E-state index contributed by atoms with van der Waals surface area (Å²) in [7, 11) is 1.79. The van der Waals surface area contributed by atoms with Crippen LogP contribution in [0.3, 0.4) is 0 Å². The quantitative estimate of drug-likeness (QED) is 0.742. The molecule has 0 saturated heterocycles. The summed E-state index contributed by atoms with van der Waals surface area (Å²) in [5, 5.41) is 5.85. The van der Waals surface area contributed by atoms with Crippen LogP contribution in [0, 0.1) is 0 Å². The van der Waals surface area contributed by atoms with Crippen LogP contribution in [-0.4, -0.2) is 34.5 Å². The van der Waals surface area contributed by atoms with E-state index >= 15 is 0 Å². The molecule has 0 unspecified atom stereocenters. The summed E-state index contributed by atoms with van der Waals surface area (Å²) in [4.78, 5) is 23.6. The van der Waals surface area contributed by atoms with Gasteiger partial charge in [0.1, 0.15) is 11.6 Å². The number of carbonyl (C=O) groups is 1. The van der Waals surface area contributed by atoms with E-state index in [0.29, 0.717) is 24.3 Å². The van der Waals surface area contributed by atoms with Gasteiger partial charge in [0.05, 0.1) is 0 Å². The van der Waals surface area contributed by atoms with Crippen LogP contribution in [0.25, 0.3) is 0 Å². The minimum Gasteiger partial charge on any atom is -0.373 e. The van der Waals surface area contributed by atoms with E-state index in [0.717, 1.165) is 17.9 Å². The fraction of sp³-hybridized carbons (Fsp3) is 0.357. The first kappa shape index (κ1) is 14.0. The SMILES string of the molecule is CCc1cc(C(=O)NCCc2ncc[nH]2)cc(NC)n1. The molecule has 20 heavy (non-hydrogen) atoms. The number of H-pyrrole nitrogens is 1. The van der Waals surface area contributed by atoms with Gasteiger partial charge in [0, 0.05) is 43.7 Å². The van der Waals surface area contributed by atoms with Crippen molar-refractivity contribution >= 4 is 11.7 Å². The molecular weight excluding hydrogens is 254 g/mol. The van der Waals surface area contributed by atoms with Crippen LogP contribution in [0.15, 0.2) is 24.5 Å². The van der Waals surface area contributed by atoms with Gasteiger partial charge >= 0.3 is 0 Å². The number of imidazole rings is 1. The van der Waals surface area contributed by atoms with Crippen molar-refractivity contribution in [2.45, 2.75) is 19.8 Å². The number of rotatable bonds is 6. The van der Waals surface area contributed by atoms with Gasteiger partial charge in [0.25, 0.3) is 5.91 Å². The van der Waals surface area contributed by atoms with Gasteiger partial charge in [-0.25, -0.2) is 9.97 Å². The van der Waals surface area contributed by atoms with Gasteiger partial charge in [-0.3, -0.25) is 4.79 Å². The number of aromatic amines is 1. The van der Waals surface area contributed by atoms with Crippen LogP contribution in [-0.2, 0) is 12.8 Å². The van der Waals surface area contributed by atoms with Crippen LogP contribution in [0.5, 0.6) is 0 Å². The highest BCUT2D eigenvalue weighted by Crippen LogP contribution is 2.10. The first-order valence-electron chi connectivity index (χ1n) is 6.68. The van der Waals surface area contributed by atoms with E-state index in [1.165, 1.54) is 0 Å². The second-order valence-corrected chi connectivity index (χ2v) is 4.38. The molecule has 2 heterocycles. The molecule has 0 aromatic carbocycles. The maximum absolute atomic E-state index is 12.1. The van der Waals surface area contributed by atoms with Gasteiger partial charge in [-0.2, -0.15) is 0 Å². The van der Waals surface area contributed by atoms with Crippen molar-refractivity contribution < 1.29 is 4.79 Å². The highest BCUT2D eigenvalue weighted by Gasteiger charge is 2.09. The Kier molecular flexibility index (Phi) is 4.70. The minimum atomic E-state index is -0.0924. The van der Waals surface area contributed by atoms with Gasteiger partial charge < -0.3 is 15.6 Å². The molecule has 0 aliphatic carbocycles. The van der Waals surface area contributed by atoms with Crippen molar-refractivity contribution in [3.63, 3.8) is 0 Å². The molecule has 1 amide bonds. The fourth-order valence-corrected chi connectivity index (χ4v) is 1.86. The third kappa shape index (κ3) is 3.57. The molecule has 0 aliphatic rings. The molecule has 2 rings (SSSR count). The maximum atomic E-state index is 12.1. The average molecular weight is 273 g/mol. The Morgan fingerprint density at radius 2 is 2.25 bits per heavy atom. The zero-order valence-corrected chi connectivity index (χ0v) is 11.7. The number of nitrogens with zero attached hydrogens (tertiary/aromatic N) is 2. The molecule has 0 atom stereocenters. The molecule has 106 valence electrons. The molecule has 0 saturated carbocycles. The summed E-state index contributed by atoms with van der Waals surface area (Å²) in [5.41, 5.74) is 1.52. The van der Waals surface area contributed by atoms with Crippen molar-refractivity contribution in [3.05, 3.63) is 41.6 Å². The third-order valence-electron chi connectivity index (χ3n) is 2.96. The number of aromatic nitrogens is 3. The number of hydrogen-bond acceptors (Lipinski definition) is 4. The Balaban J connectivity index is 1.97. The summed E-state index contributed by atoms with van der Waals surface area (Å²) < 4.78 is 0. The smallest absolute Gasteiger partial charge is 0.251 e. The number of hydrogen-bond donors (Lipinski definition) is 3. The second kappa shape index (κ2) is 6.70. The zero-order chi connectivity index (χ0) is 14.4. The highest BCUT2D eigenvalue weighted by atomic mass is 16.1. The number of amides is 1. The first-order chi connectivity index (χ1) is 9.72. The molecule has 0 spiro atoms. The highest BCUT2D eigenvalue weighted by molar-refractivity contribution is 5.95. The Morgan fingerprint density at radius 1 is 1.40 bits per heavy atom. The Bertz CT molecular complexity index is 543. The predicted octanol–water partition coefficient (Wildman–Crippen LogP) is 1.38. The van der Waals surface area contributed by atoms with Gasteiger partial charge in [-0.15, -0.1) is 0 Å². The molecule has 2 aromatic heterocycles. The van der Waals surface area contributed by atoms with Crippen LogP contribution >= 0.6 is 0 Å². The lowest BCUT2D eigenvalue weighted by Gasteiger charge is -2.08. The van der Waals surface area contributed by atoms with Gasteiger partial charge in [0.2, 0.25) is 0 Å². The lowest BCUT2D eigenvalue weighted by Crippen LogP contribution is -2.26. The van der Waals surface area contributed by atoms with Gasteiger partial charge in [-0.05, 0) is 18.6 Å². The lowest BCUT2D eigenvalue weighted by molar-refractivity contribution is 0.0954. The molecule has 2 aromatic rings. The Hall–Kier alpha value is -2.37. The Morgan fingerprint density at radius 3 is 2.90 bits per heavy atom. The topological polar surface area (TPSA) is 82.7 Å². The maximum Gasteiger partial charge on any atom is 0.251 e. The number of aryl methyl sites for hydroxylation is 1. The van der Waals surface area contributed by atoms with Crippen molar-refractivity contribution in [1.82, 2.24) is 20.3 Å². The van der Waals surface area contributed by atoms with E-state index in [-0.39, 0.29) is 5.91 Å². The van der Waals surface area contributed by atoms with Crippen LogP contribution < -0.4 is 10.6 Å². The van der Waals surface area contributed by atoms with E-state index < -0.39 is 0 Å². The van der Waals surface area contributed by atoms with E-state index in [2.05, 4.69) is 25.6 Å². The molecule has 0 aliphatic heterocycles. The van der Waals surface area contributed by atoms with Gasteiger partial charge in [0.15, 0.2) is 0 Å². The Labute approximate surface area is 118 Å². The monoisotopic (exact) mass is 273 g/mol. The number of nitrogens with one attached hydrogen (secondary N) is 3. The number of anilines is 1. The summed E-state index contributed by atoms with van der Waals surface area (Å²) in [6.07, 6.45) is 4.95. The summed E-state index contributed by atoms with van der Waals surface area (Å²) in [6.45, 7) is 2.56. The van der Waals surface area contributed by atoms with Crippen molar-refractivity contribution in [2.75, 3.05) is 18.9 Å². The fourth-order valence-electron chi connectivity index (χ4n) is 1.86. The molecule has 3 N–H and O–H groups in total. The number of carbonyl (C=O) groups excluding carboxylic acids is 1. The molecule has 0 bridgehead atoms. The first-order valence-corrected chi connectivity index (χ1v) is 6.68. The molecule has 6 nitrogen and oxygen atoms in total. The third-order valence-corrected chi connectivity index (χ3v) is 2.96. The van der Waals surface area contributed by atoms with Crippen LogP contribution in [0.2, 0.25) is 0 Å². The molecule has 0 radical (unpaired) electrons. The normalized spacial score (nSPS) is 10.3. The van der Waals surface area contributed by atoms with E-state index in [1.807, 2.05) is 13.0 Å². The van der Waals surface area contributed by atoms with Crippen molar-refractivity contribution in [3.8, 4) is 0 Å². The summed E-state index contributed by atoms with van der Waals surface area (Å²) in [6, 6.07) is 3.57. The standard InChI is InChI=1S/C14H19N5O/c1-3-11-8-10(9-13(15-2)19-11)14(20)18-5-4-12-16-6-7-17-12/h6-9H,3-5H2,1-2H3,(H,15,19)(H,16,17)(H,18,20).